The maximum atomic E-state index is 12.6. The Morgan fingerprint density at radius 2 is 0.889 bits per heavy atom. The Bertz CT molecular complexity index is 1330. The number of nitrogens with zero attached hydrogens (tertiary/aromatic N) is 1. The number of phosphoric ester groups is 1. The third kappa shape index (κ3) is 38.1. The molecule has 0 amide bonds. The lowest BCUT2D eigenvalue weighted by molar-refractivity contribution is -0.870. The first-order valence-corrected chi connectivity index (χ1v) is 20.7. The third-order valence-electron chi connectivity index (χ3n) is 7.04. The van der Waals surface area contributed by atoms with E-state index in [0.29, 0.717) is 23.9 Å². The Balaban J connectivity index is 4.75. The summed E-state index contributed by atoms with van der Waals surface area (Å²) in [6, 6.07) is 0. The second-order valence-corrected chi connectivity index (χ2v) is 14.6. The normalized spacial score (nSPS) is 15.0. The predicted molar refractivity (Wildman–Crippen MR) is 221 cm³/mol. The Hall–Kier alpha value is -3.59. The summed E-state index contributed by atoms with van der Waals surface area (Å²) in [5.74, 6) is -1.15. The molecule has 0 aromatic carbocycles. The maximum absolute atomic E-state index is 12.6. The average molecular weight is 770 g/mol. The molecule has 0 bridgehead atoms. The van der Waals surface area contributed by atoms with Gasteiger partial charge in [0, 0.05) is 0 Å². The number of carbonyl (C=O) groups is 2. The maximum Gasteiger partial charge on any atom is 0.310 e. The summed E-state index contributed by atoms with van der Waals surface area (Å²) in [6.07, 6.45) is 48.7. The molecule has 0 aliphatic carbocycles. The molecule has 0 aromatic rings. The lowest BCUT2D eigenvalue weighted by Gasteiger charge is -2.28. The highest BCUT2D eigenvalue weighted by Crippen LogP contribution is 2.38. The van der Waals surface area contributed by atoms with E-state index in [2.05, 4.69) is 98.9 Å². The topological polar surface area (TPSA) is 111 Å². The zero-order chi connectivity index (χ0) is 40.0. The van der Waals surface area contributed by atoms with Crippen molar-refractivity contribution in [3.8, 4) is 0 Å². The van der Waals surface area contributed by atoms with Crippen molar-refractivity contribution >= 4 is 19.8 Å². The number of ether oxygens (including phenoxy) is 2. The predicted octanol–water partition coefficient (Wildman–Crippen LogP) is 9.93. The van der Waals surface area contributed by atoms with Gasteiger partial charge >= 0.3 is 11.9 Å². The van der Waals surface area contributed by atoms with Gasteiger partial charge in [0.25, 0.3) is 7.82 Å². The number of phosphoric acid groups is 1. The highest BCUT2D eigenvalue weighted by Gasteiger charge is 2.21. The van der Waals surface area contributed by atoms with Crippen LogP contribution < -0.4 is 4.89 Å². The molecule has 10 heteroatoms. The van der Waals surface area contributed by atoms with Gasteiger partial charge in [-0.3, -0.25) is 14.2 Å². The number of hydrogen-bond donors (Lipinski definition) is 0. The molecular weight excluding hydrogens is 701 g/mol. The van der Waals surface area contributed by atoms with Crippen molar-refractivity contribution in [2.75, 3.05) is 47.5 Å². The van der Waals surface area contributed by atoms with Gasteiger partial charge in [-0.2, -0.15) is 0 Å². The zero-order valence-electron chi connectivity index (χ0n) is 33.6. The van der Waals surface area contributed by atoms with Crippen LogP contribution in [0.1, 0.15) is 90.9 Å². The van der Waals surface area contributed by atoms with Crippen LogP contribution in [-0.2, 0) is 32.7 Å². The molecule has 9 nitrogen and oxygen atoms in total. The van der Waals surface area contributed by atoms with Gasteiger partial charge in [-0.1, -0.05) is 135 Å². The summed E-state index contributed by atoms with van der Waals surface area (Å²) in [7, 11) is 1.04. The summed E-state index contributed by atoms with van der Waals surface area (Å²) >= 11 is 0. The van der Waals surface area contributed by atoms with Crippen molar-refractivity contribution in [2.45, 2.75) is 97.0 Å². The summed E-state index contributed by atoms with van der Waals surface area (Å²) < 4.78 is 33.5. The fraction of sp³-hybridized carbons (Fsp3) is 0.500. The minimum Gasteiger partial charge on any atom is -0.756 e. The van der Waals surface area contributed by atoms with E-state index in [1.54, 1.807) is 12.2 Å². The van der Waals surface area contributed by atoms with E-state index >= 15 is 0 Å². The fourth-order valence-electron chi connectivity index (χ4n) is 4.09. The number of rotatable bonds is 32. The molecule has 0 spiro atoms. The Kier molecular flexibility index (Phi) is 32.8. The molecule has 0 rings (SSSR count). The van der Waals surface area contributed by atoms with Gasteiger partial charge in [0.1, 0.15) is 19.8 Å². The zero-order valence-corrected chi connectivity index (χ0v) is 34.5. The first kappa shape index (κ1) is 50.4. The van der Waals surface area contributed by atoms with E-state index in [4.69, 9.17) is 18.5 Å². The van der Waals surface area contributed by atoms with Crippen molar-refractivity contribution in [1.29, 1.82) is 0 Å². The van der Waals surface area contributed by atoms with Crippen LogP contribution in [0.15, 0.2) is 122 Å². The molecule has 302 valence electrons. The second kappa shape index (κ2) is 35.1. The standard InChI is InChI=1S/C44H68NO8P/c1-6-8-10-12-14-16-18-20-22-24-26-28-30-32-34-36-43(46)50-40-42(41-52-54(48,49)51-39-38-45(3,4)5)53-44(47)37-35-33-31-29-27-25-23-21-19-17-15-13-11-9-7-2/h8-11,14-17,20-23,26-29,32-35,42H,6-7,12-13,18-19,24-25,30-31,36-41H2,1-5H3/b10-8-,11-9-,16-14-,17-15-,22-20-,23-21-,28-26-,29-27-,34-32-,35-33-. The van der Waals surface area contributed by atoms with E-state index in [0.717, 1.165) is 51.4 Å². The van der Waals surface area contributed by atoms with Gasteiger partial charge in [0.15, 0.2) is 6.10 Å². The van der Waals surface area contributed by atoms with Gasteiger partial charge in [0.2, 0.25) is 0 Å². The van der Waals surface area contributed by atoms with Gasteiger partial charge in [-0.05, 0) is 64.2 Å². The first-order chi connectivity index (χ1) is 26.0. The van der Waals surface area contributed by atoms with Crippen molar-refractivity contribution in [2.24, 2.45) is 0 Å². The number of allylic oxidation sites excluding steroid dienone is 18. The van der Waals surface area contributed by atoms with Gasteiger partial charge in [0.05, 0.1) is 40.6 Å². The van der Waals surface area contributed by atoms with Crippen molar-refractivity contribution in [1.82, 2.24) is 0 Å². The molecule has 54 heavy (non-hydrogen) atoms. The molecule has 0 aliphatic rings. The number of quaternary nitrogens is 1. The Morgan fingerprint density at radius 1 is 0.537 bits per heavy atom. The van der Waals surface area contributed by atoms with Crippen LogP contribution in [0.25, 0.3) is 0 Å². The van der Waals surface area contributed by atoms with Gasteiger partial charge in [-0.25, -0.2) is 0 Å². The number of hydrogen-bond acceptors (Lipinski definition) is 8. The fourth-order valence-corrected chi connectivity index (χ4v) is 4.82. The molecule has 0 heterocycles. The molecule has 0 saturated carbocycles. The molecule has 0 aromatic heterocycles. The number of carbonyl (C=O) groups excluding carboxylic acids is 2. The summed E-state index contributed by atoms with van der Waals surface area (Å²) in [6.45, 7) is 3.71. The van der Waals surface area contributed by atoms with Crippen LogP contribution in [0.5, 0.6) is 0 Å². The molecule has 0 saturated heterocycles. The first-order valence-electron chi connectivity index (χ1n) is 19.2. The van der Waals surface area contributed by atoms with Crippen LogP contribution in [0, 0.1) is 0 Å². The molecule has 2 unspecified atom stereocenters. The van der Waals surface area contributed by atoms with Crippen molar-refractivity contribution < 1.29 is 42.1 Å². The summed E-state index contributed by atoms with van der Waals surface area (Å²) in [5.41, 5.74) is 0. The second-order valence-electron chi connectivity index (χ2n) is 13.2. The van der Waals surface area contributed by atoms with E-state index in [9.17, 15) is 19.0 Å². The van der Waals surface area contributed by atoms with Crippen molar-refractivity contribution in [3.63, 3.8) is 0 Å². The summed E-state index contributed by atoms with van der Waals surface area (Å²) in [4.78, 5) is 37.2. The molecule has 0 aliphatic heterocycles. The van der Waals surface area contributed by atoms with Crippen LogP contribution >= 0.6 is 7.82 Å². The van der Waals surface area contributed by atoms with Gasteiger partial charge in [-0.15, -0.1) is 0 Å². The molecular formula is C44H68NO8P. The lowest BCUT2D eigenvalue weighted by atomic mass is 10.2. The monoisotopic (exact) mass is 769 g/mol. The van der Waals surface area contributed by atoms with Crippen LogP contribution in [0.4, 0.5) is 0 Å². The van der Waals surface area contributed by atoms with E-state index in [-0.39, 0.29) is 26.1 Å². The van der Waals surface area contributed by atoms with Crippen LogP contribution in [0.3, 0.4) is 0 Å². The average Bonchev–Trinajstić information content (AvgIpc) is 3.12. The summed E-state index contributed by atoms with van der Waals surface area (Å²) in [5, 5.41) is 0. The van der Waals surface area contributed by atoms with Crippen molar-refractivity contribution in [3.05, 3.63) is 122 Å². The van der Waals surface area contributed by atoms with Gasteiger partial charge < -0.3 is 27.9 Å². The highest BCUT2D eigenvalue weighted by molar-refractivity contribution is 7.45. The highest BCUT2D eigenvalue weighted by atomic mass is 31.2. The van der Waals surface area contributed by atoms with E-state index in [1.807, 2.05) is 45.4 Å². The largest absolute Gasteiger partial charge is 0.756 e. The quantitative estimate of drug-likeness (QED) is 0.0288. The third-order valence-corrected chi connectivity index (χ3v) is 8.01. The molecule has 0 N–H and O–H groups in total. The minimum absolute atomic E-state index is 0.0172. The smallest absolute Gasteiger partial charge is 0.310 e. The minimum atomic E-state index is -4.67. The number of likely N-dealkylation sites (N-methyl/N-ethyl adjacent to an activating group) is 1. The molecule has 0 fully saturated rings. The lowest BCUT2D eigenvalue weighted by Crippen LogP contribution is -2.37. The number of esters is 2. The van der Waals surface area contributed by atoms with Crippen LogP contribution in [-0.4, -0.2) is 70.0 Å². The molecule has 0 radical (unpaired) electrons. The van der Waals surface area contributed by atoms with Crippen LogP contribution in [0.2, 0.25) is 0 Å². The van der Waals surface area contributed by atoms with E-state index in [1.165, 1.54) is 0 Å². The molecule has 2 atom stereocenters. The van der Waals surface area contributed by atoms with E-state index < -0.39 is 32.5 Å². The Labute approximate surface area is 327 Å². The Morgan fingerprint density at radius 3 is 1.26 bits per heavy atom. The SMILES string of the molecule is CC/C=C\C/C=C\C/C=C\C/C=C\C/C=C\CC(=O)OCC(COP(=O)([O-])OCC[N+](C)(C)C)OC(=O)C/C=C\C/C=C\C/C=C\C/C=C\C/C=C\CC.